The van der Waals surface area contributed by atoms with Crippen LogP contribution in [0.15, 0.2) is 65.8 Å². The normalized spacial score (nSPS) is 11.8. The average molecular weight is 400 g/mol. The van der Waals surface area contributed by atoms with Gasteiger partial charge in [-0.15, -0.1) is 0 Å². The highest BCUT2D eigenvalue weighted by Crippen LogP contribution is 2.30. The Morgan fingerprint density at radius 2 is 2.03 bits per heavy atom. The third-order valence-electron chi connectivity index (χ3n) is 4.84. The number of aromatic nitrogens is 3. The molecule has 0 aliphatic rings. The maximum absolute atomic E-state index is 13.9. The van der Waals surface area contributed by atoms with Crippen molar-refractivity contribution in [2.75, 3.05) is 11.1 Å². The van der Waals surface area contributed by atoms with Crippen molar-refractivity contribution < 1.29 is 4.39 Å². The minimum Gasteiger partial charge on any atom is -0.382 e. The molecular weight excluding hydrogens is 383 g/mol. The van der Waals surface area contributed by atoms with E-state index in [1.165, 1.54) is 22.9 Å². The summed E-state index contributed by atoms with van der Waals surface area (Å²) in [6, 6.07) is 14.7. The molecular formula is C22H17FN6O. The smallest absolute Gasteiger partial charge is 0.263 e. The first-order chi connectivity index (χ1) is 14.5. The van der Waals surface area contributed by atoms with Crippen molar-refractivity contribution in [3.63, 3.8) is 0 Å². The lowest BCUT2D eigenvalue weighted by Gasteiger charge is -2.20. The third-order valence-corrected chi connectivity index (χ3v) is 4.84. The molecule has 0 aliphatic heterocycles. The van der Waals surface area contributed by atoms with Gasteiger partial charge in [-0.05, 0) is 48.4 Å². The van der Waals surface area contributed by atoms with Crippen LogP contribution in [0.25, 0.3) is 16.6 Å². The Bertz CT molecular complexity index is 1360. The first kappa shape index (κ1) is 19.1. The van der Waals surface area contributed by atoms with Crippen LogP contribution in [0.2, 0.25) is 0 Å². The van der Waals surface area contributed by atoms with Crippen molar-refractivity contribution in [1.29, 1.82) is 5.26 Å². The Kier molecular flexibility index (Phi) is 4.86. The molecule has 30 heavy (non-hydrogen) atoms. The summed E-state index contributed by atoms with van der Waals surface area (Å²) in [6.45, 7) is 1.83. The van der Waals surface area contributed by atoms with Crippen molar-refractivity contribution in [3.05, 3.63) is 88.4 Å². The number of nitriles is 1. The Morgan fingerprint density at radius 1 is 1.20 bits per heavy atom. The number of nitrogens with two attached hydrogens (primary N) is 1. The van der Waals surface area contributed by atoms with Crippen molar-refractivity contribution in [3.8, 4) is 17.2 Å². The van der Waals surface area contributed by atoms with E-state index in [9.17, 15) is 14.4 Å². The van der Waals surface area contributed by atoms with E-state index in [0.717, 1.165) is 0 Å². The molecule has 0 fully saturated rings. The predicted octanol–water partition coefficient (Wildman–Crippen LogP) is 3.52. The van der Waals surface area contributed by atoms with Crippen molar-refractivity contribution in [2.45, 2.75) is 13.0 Å². The van der Waals surface area contributed by atoms with E-state index in [2.05, 4.69) is 15.3 Å². The van der Waals surface area contributed by atoms with Gasteiger partial charge in [-0.2, -0.15) is 5.26 Å². The molecule has 4 aromatic rings. The van der Waals surface area contributed by atoms with Gasteiger partial charge in [0.15, 0.2) is 0 Å². The molecule has 4 rings (SSSR count). The second-order valence-electron chi connectivity index (χ2n) is 6.75. The zero-order valence-corrected chi connectivity index (χ0v) is 16.0. The summed E-state index contributed by atoms with van der Waals surface area (Å²) in [7, 11) is 0. The lowest BCUT2D eigenvalue weighted by atomic mass is 9.96. The molecule has 0 bridgehead atoms. The van der Waals surface area contributed by atoms with Crippen LogP contribution in [-0.2, 0) is 0 Å². The predicted molar refractivity (Wildman–Crippen MR) is 112 cm³/mol. The van der Waals surface area contributed by atoms with E-state index in [1.54, 1.807) is 24.4 Å². The summed E-state index contributed by atoms with van der Waals surface area (Å²) in [5.74, 6) is -0.117. The monoisotopic (exact) mass is 400 g/mol. The summed E-state index contributed by atoms with van der Waals surface area (Å²) >= 11 is 0. The second kappa shape index (κ2) is 7.64. The van der Waals surface area contributed by atoms with Crippen molar-refractivity contribution in [1.82, 2.24) is 14.4 Å². The molecule has 3 aromatic heterocycles. The topological polar surface area (TPSA) is 109 Å². The molecule has 7 nitrogen and oxygen atoms in total. The Morgan fingerprint density at radius 3 is 2.80 bits per heavy atom. The molecule has 3 N–H and O–H groups in total. The highest BCUT2D eigenvalue weighted by atomic mass is 19.1. The zero-order chi connectivity index (χ0) is 21.3. The van der Waals surface area contributed by atoms with Crippen LogP contribution < -0.4 is 16.6 Å². The molecule has 0 aliphatic carbocycles. The number of fused-ring (bicyclic) bond motifs is 1. The Balaban J connectivity index is 1.92. The molecule has 0 saturated heterocycles. The van der Waals surface area contributed by atoms with E-state index in [1.807, 2.05) is 31.2 Å². The number of nitrogen functional groups attached to an aromatic ring is 1. The van der Waals surface area contributed by atoms with E-state index in [0.29, 0.717) is 22.2 Å². The first-order valence-electron chi connectivity index (χ1n) is 9.17. The minimum absolute atomic E-state index is 0.0612. The van der Waals surface area contributed by atoms with Crippen molar-refractivity contribution in [2.24, 2.45) is 0 Å². The number of pyridine rings is 2. The minimum atomic E-state index is -0.442. The lowest BCUT2D eigenvalue weighted by molar-refractivity contribution is 0.628. The van der Waals surface area contributed by atoms with Crippen molar-refractivity contribution >= 4 is 17.2 Å². The molecule has 8 heteroatoms. The van der Waals surface area contributed by atoms with Gasteiger partial charge in [-0.1, -0.05) is 18.2 Å². The summed E-state index contributed by atoms with van der Waals surface area (Å²) in [5, 5.41) is 12.5. The number of nitrogens with one attached hydrogen (secondary N) is 1. The number of hydrogen-bond acceptors (Lipinski definition) is 6. The van der Waals surface area contributed by atoms with Gasteiger partial charge in [0.2, 0.25) is 0 Å². The van der Waals surface area contributed by atoms with Crippen LogP contribution in [0.1, 0.15) is 24.1 Å². The average Bonchev–Trinajstić information content (AvgIpc) is 2.74. The van der Waals surface area contributed by atoms with Crippen LogP contribution >= 0.6 is 0 Å². The summed E-state index contributed by atoms with van der Waals surface area (Å²) in [5.41, 5.74) is 7.77. The number of rotatable bonds is 4. The fourth-order valence-electron chi connectivity index (χ4n) is 3.41. The largest absolute Gasteiger partial charge is 0.382 e. The summed E-state index contributed by atoms with van der Waals surface area (Å²) < 4.78 is 15.4. The summed E-state index contributed by atoms with van der Waals surface area (Å²) in [4.78, 5) is 21.2. The highest BCUT2D eigenvalue weighted by Gasteiger charge is 2.20. The van der Waals surface area contributed by atoms with Gasteiger partial charge in [-0.3, -0.25) is 9.20 Å². The molecule has 0 amide bonds. The van der Waals surface area contributed by atoms with Gasteiger partial charge >= 0.3 is 0 Å². The van der Waals surface area contributed by atoms with Crippen LogP contribution in [0.4, 0.5) is 16.0 Å². The molecule has 1 aromatic carbocycles. The number of benzene rings is 1. The summed E-state index contributed by atoms with van der Waals surface area (Å²) in [6.07, 6.45) is 2.93. The van der Waals surface area contributed by atoms with E-state index in [-0.39, 0.29) is 22.8 Å². The molecule has 3 heterocycles. The van der Waals surface area contributed by atoms with E-state index >= 15 is 0 Å². The maximum Gasteiger partial charge on any atom is 0.263 e. The van der Waals surface area contributed by atoms with Gasteiger partial charge in [-0.25, -0.2) is 14.4 Å². The van der Waals surface area contributed by atoms with Gasteiger partial charge in [0.25, 0.3) is 5.56 Å². The number of hydrogen-bond donors (Lipinski definition) is 2. The number of anilines is 2. The molecule has 0 radical (unpaired) electrons. The van der Waals surface area contributed by atoms with Crippen LogP contribution in [0.3, 0.4) is 0 Å². The van der Waals surface area contributed by atoms with Gasteiger partial charge in [0, 0.05) is 11.7 Å². The lowest BCUT2D eigenvalue weighted by Crippen LogP contribution is -2.21. The van der Waals surface area contributed by atoms with Gasteiger partial charge in [0.1, 0.15) is 35.4 Å². The van der Waals surface area contributed by atoms with Crippen LogP contribution in [-0.4, -0.2) is 14.4 Å². The fraction of sp³-hybridized carbons (Fsp3) is 0.0909. The molecule has 1 atom stereocenters. The fourth-order valence-corrected chi connectivity index (χ4v) is 3.41. The number of halogens is 1. The standard InChI is InChI=1S/C22H17FN6O/c1-13(28-21-18(11-24)20(25)26-12-27-21)17-10-16-7-2-3-8-29(16)22(30)19(17)14-5-4-6-15(23)9-14/h2-10,12-13H,1H3,(H3,25,26,27,28)/t13-/m0/s1. The van der Waals surface area contributed by atoms with E-state index < -0.39 is 11.9 Å². The van der Waals surface area contributed by atoms with Crippen LogP contribution in [0.5, 0.6) is 0 Å². The third kappa shape index (κ3) is 3.33. The molecule has 0 unspecified atom stereocenters. The quantitative estimate of drug-likeness (QED) is 0.542. The first-order valence-corrected chi connectivity index (χ1v) is 9.17. The maximum atomic E-state index is 13.9. The van der Waals surface area contributed by atoms with E-state index in [4.69, 9.17) is 5.73 Å². The molecule has 148 valence electrons. The Labute approximate surface area is 171 Å². The molecule has 0 saturated carbocycles. The van der Waals surface area contributed by atoms with Gasteiger partial charge < -0.3 is 11.1 Å². The van der Waals surface area contributed by atoms with Crippen LogP contribution in [0, 0.1) is 17.1 Å². The highest BCUT2D eigenvalue weighted by molar-refractivity contribution is 5.72. The second-order valence-corrected chi connectivity index (χ2v) is 6.75. The zero-order valence-electron chi connectivity index (χ0n) is 16.0. The number of nitrogens with zero attached hydrogens (tertiary/aromatic N) is 4. The Hall–Kier alpha value is -4.25. The SMILES string of the molecule is C[C@H](Nc1ncnc(N)c1C#N)c1cc2ccccn2c(=O)c1-c1cccc(F)c1. The molecule has 0 spiro atoms. The van der Waals surface area contributed by atoms with Gasteiger partial charge in [0.05, 0.1) is 11.6 Å².